The van der Waals surface area contributed by atoms with E-state index in [1.165, 1.54) is 5.56 Å². The summed E-state index contributed by atoms with van der Waals surface area (Å²) in [4.78, 5) is 21.9. The molecule has 0 aliphatic heterocycles. The van der Waals surface area contributed by atoms with E-state index < -0.39 is 0 Å². The van der Waals surface area contributed by atoms with Gasteiger partial charge >= 0.3 is 0 Å². The van der Waals surface area contributed by atoms with E-state index in [2.05, 4.69) is 22.1 Å². The van der Waals surface area contributed by atoms with Gasteiger partial charge in [-0.1, -0.05) is 30.3 Å². The second-order valence-corrected chi connectivity index (χ2v) is 4.79. The molecule has 0 saturated carbocycles. The number of rotatable bonds is 6. The van der Waals surface area contributed by atoms with E-state index in [0.29, 0.717) is 13.0 Å². The lowest BCUT2D eigenvalue weighted by Gasteiger charge is -2.16. The van der Waals surface area contributed by atoms with Crippen LogP contribution in [0.5, 0.6) is 0 Å². The zero-order valence-corrected chi connectivity index (χ0v) is 11.7. The molecule has 0 unspecified atom stereocenters. The zero-order chi connectivity index (χ0) is 14.2. The monoisotopic (exact) mass is 269 g/mol. The average Bonchev–Trinajstić information content (AvgIpc) is 2.49. The highest BCUT2D eigenvalue weighted by Gasteiger charge is 2.09. The summed E-state index contributed by atoms with van der Waals surface area (Å²) < 4.78 is 0. The van der Waals surface area contributed by atoms with Gasteiger partial charge in [0.2, 0.25) is 5.91 Å². The van der Waals surface area contributed by atoms with Crippen LogP contribution in [0.1, 0.15) is 24.1 Å². The van der Waals surface area contributed by atoms with Crippen LogP contribution in [0, 0.1) is 0 Å². The predicted octanol–water partition coefficient (Wildman–Crippen LogP) is 2.46. The average molecular weight is 269 g/mol. The van der Waals surface area contributed by atoms with E-state index >= 15 is 0 Å². The number of nitrogens with zero attached hydrogens (tertiary/aromatic N) is 3. The molecule has 20 heavy (non-hydrogen) atoms. The Morgan fingerprint density at radius 1 is 1.20 bits per heavy atom. The highest BCUT2D eigenvalue weighted by atomic mass is 16.2. The Labute approximate surface area is 119 Å². The summed E-state index contributed by atoms with van der Waals surface area (Å²) >= 11 is 0. The summed E-state index contributed by atoms with van der Waals surface area (Å²) in [7, 11) is 1.81. The van der Waals surface area contributed by atoms with Crippen molar-refractivity contribution in [3.63, 3.8) is 0 Å². The molecule has 0 spiro atoms. The third-order valence-corrected chi connectivity index (χ3v) is 3.14. The lowest BCUT2D eigenvalue weighted by Crippen LogP contribution is -2.26. The largest absolute Gasteiger partial charge is 0.340 e. The van der Waals surface area contributed by atoms with Gasteiger partial charge in [-0.3, -0.25) is 14.8 Å². The molecule has 0 N–H and O–H groups in total. The van der Waals surface area contributed by atoms with Crippen molar-refractivity contribution in [3.05, 3.63) is 60.2 Å². The van der Waals surface area contributed by atoms with Crippen LogP contribution in [0.4, 0.5) is 0 Å². The SMILES string of the molecule is CN(Cc1cnccn1)C(=O)CCCc1ccccc1. The molecule has 0 aliphatic carbocycles. The van der Waals surface area contributed by atoms with Gasteiger partial charge in [0, 0.05) is 25.9 Å². The number of hydrogen-bond acceptors (Lipinski definition) is 3. The van der Waals surface area contributed by atoms with E-state index in [4.69, 9.17) is 0 Å². The number of aromatic nitrogens is 2. The van der Waals surface area contributed by atoms with Crippen molar-refractivity contribution < 1.29 is 4.79 Å². The van der Waals surface area contributed by atoms with Gasteiger partial charge in [-0.15, -0.1) is 0 Å². The molecular weight excluding hydrogens is 250 g/mol. The summed E-state index contributed by atoms with van der Waals surface area (Å²) in [5.74, 6) is 0.145. The molecule has 2 aromatic rings. The number of benzene rings is 1. The summed E-state index contributed by atoms with van der Waals surface area (Å²) in [6, 6.07) is 10.2. The van der Waals surface area contributed by atoms with Crippen LogP contribution >= 0.6 is 0 Å². The van der Waals surface area contributed by atoms with Crippen molar-refractivity contribution in [2.75, 3.05) is 7.05 Å². The van der Waals surface area contributed by atoms with Crippen LogP contribution in [-0.2, 0) is 17.8 Å². The van der Waals surface area contributed by atoms with E-state index in [1.54, 1.807) is 30.5 Å². The third kappa shape index (κ3) is 4.46. The minimum Gasteiger partial charge on any atom is -0.340 e. The molecule has 1 amide bonds. The maximum absolute atomic E-state index is 12.0. The fraction of sp³-hybridized carbons (Fsp3) is 0.312. The first-order valence-corrected chi connectivity index (χ1v) is 6.78. The molecule has 0 fully saturated rings. The summed E-state index contributed by atoms with van der Waals surface area (Å²) in [6.07, 6.45) is 7.33. The highest BCUT2D eigenvalue weighted by molar-refractivity contribution is 5.75. The molecule has 0 bridgehead atoms. The van der Waals surface area contributed by atoms with Crippen molar-refractivity contribution in [1.82, 2.24) is 14.9 Å². The number of carbonyl (C=O) groups is 1. The van der Waals surface area contributed by atoms with Gasteiger partial charge < -0.3 is 4.90 Å². The second kappa shape index (κ2) is 7.38. The Morgan fingerprint density at radius 3 is 2.70 bits per heavy atom. The van der Waals surface area contributed by atoms with Gasteiger partial charge in [0.15, 0.2) is 0 Å². The molecule has 1 aromatic carbocycles. The highest BCUT2D eigenvalue weighted by Crippen LogP contribution is 2.07. The molecule has 1 heterocycles. The second-order valence-electron chi connectivity index (χ2n) is 4.79. The predicted molar refractivity (Wildman–Crippen MR) is 77.9 cm³/mol. The van der Waals surface area contributed by atoms with Gasteiger partial charge in [-0.05, 0) is 18.4 Å². The van der Waals surface area contributed by atoms with E-state index in [-0.39, 0.29) is 5.91 Å². The lowest BCUT2D eigenvalue weighted by atomic mass is 10.1. The molecule has 104 valence electrons. The van der Waals surface area contributed by atoms with E-state index in [9.17, 15) is 4.79 Å². The number of aryl methyl sites for hydroxylation is 1. The fourth-order valence-electron chi connectivity index (χ4n) is 2.02. The Bertz CT molecular complexity index is 528. The lowest BCUT2D eigenvalue weighted by molar-refractivity contribution is -0.130. The molecule has 0 atom stereocenters. The van der Waals surface area contributed by atoms with Crippen molar-refractivity contribution in [1.29, 1.82) is 0 Å². The van der Waals surface area contributed by atoms with Crippen molar-refractivity contribution in [2.45, 2.75) is 25.8 Å². The topological polar surface area (TPSA) is 46.1 Å². The Balaban J connectivity index is 1.74. The standard InChI is InChI=1S/C16H19N3O/c1-19(13-15-12-17-10-11-18-15)16(20)9-5-8-14-6-3-2-4-7-14/h2-4,6-7,10-12H,5,8-9,13H2,1H3. The summed E-state index contributed by atoms with van der Waals surface area (Å²) in [5, 5.41) is 0. The van der Waals surface area contributed by atoms with Crippen molar-refractivity contribution >= 4 is 5.91 Å². The van der Waals surface area contributed by atoms with Gasteiger partial charge in [0.25, 0.3) is 0 Å². The minimum absolute atomic E-state index is 0.145. The van der Waals surface area contributed by atoms with Crippen molar-refractivity contribution in [3.8, 4) is 0 Å². The van der Waals surface area contributed by atoms with E-state index in [0.717, 1.165) is 18.5 Å². The van der Waals surface area contributed by atoms with Gasteiger partial charge in [0.05, 0.1) is 18.4 Å². The van der Waals surface area contributed by atoms with Gasteiger partial charge in [0.1, 0.15) is 0 Å². The zero-order valence-electron chi connectivity index (χ0n) is 11.7. The molecule has 0 aliphatic rings. The molecule has 2 rings (SSSR count). The molecule has 1 aromatic heterocycles. The maximum atomic E-state index is 12.0. The minimum atomic E-state index is 0.145. The molecular formula is C16H19N3O. The Kier molecular flexibility index (Phi) is 5.24. The Morgan fingerprint density at radius 2 is 2.00 bits per heavy atom. The molecule has 0 saturated heterocycles. The smallest absolute Gasteiger partial charge is 0.222 e. The summed E-state index contributed by atoms with van der Waals surface area (Å²) in [6.45, 7) is 0.512. The van der Waals surface area contributed by atoms with Crippen LogP contribution < -0.4 is 0 Å². The first kappa shape index (κ1) is 14.2. The molecule has 0 radical (unpaired) electrons. The maximum Gasteiger partial charge on any atom is 0.222 e. The summed E-state index contributed by atoms with van der Waals surface area (Å²) in [5.41, 5.74) is 2.09. The Hall–Kier alpha value is -2.23. The van der Waals surface area contributed by atoms with Gasteiger partial charge in [-0.25, -0.2) is 0 Å². The number of hydrogen-bond donors (Lipinski definition) is 0. The quantitative estimate of drug-likeness (QED) is 0.809. The van der Waals surface area contributed by atoms with Crippen LogP contribution in [0.25, 0.3) is 0 Å². The number of amides is 1. The van der Waals surface area contributed by atoms with E-state index in [1.807, 2.05) is 18.2 Å². The van der Waals surface area contributed by atoms with Crippen molar-refractivity contribution in [2.24, 2.45) is 0 Å². The van der Waals surface area contributed by atoms with Crippen LogP contribution in [-0.4, -0.2) is 27.8 Å². The number of carbonyl (C=O) groups excluding carboxylic acids is 1. The first-order valence-electron chi connectivity index (χ1n) is 6.78. The van der Waals surface area contributed by atoms with Crippen LogP contribution in [0.2, 0.25) is 0 Å². The molecule has 4 nitrogen and oxygen atoms in total. The third-order valence-electron chi connectivity index (χ3n) is 3.14. The van der Waals surface area contributed by atoms with Gasteiger partial charge in [-0.2, -0.15) is 0 Å². The first-order chi connectivity index (χ1) is 9.75. The van der Waals surface area contributed by atoms with Crippen LogP contribution in [0.3, 0.4) is 0 Å². The molecule has 4 heteroatoms. The fourth-order valence-corrected chi connectivity index (χ4v) is 2.02. The normalized spacial score (nSPS) is 10.2. The van der Waals surface area contributed by atoms with Crippen LogP contribution in [0.15, 0.2) is 48.9 Å².